The second-order valence-electron chi connectivity index (χ2n) is 3.65. The van der Waals surface area contributed by atoms with Crippen molar-refractivity contribution < 1.29 is 18.0 Å². The molecule has 2 N–H and O–H groups in total. The van der Waals surface area contributed by atoms with E-state index in [4.69, 9.17) is 0 Å². The van der Waals surface area contributed by atoms with Gasteiger partial charge in [0.25, 0.3) is 5.91 Å². The SMILES string of the molecule is O=C(Nc1cc(F)c(F)c(F)c1)c1ccc(=O)[nH]c1. The summed E-state index contributed by atoms with van der Waals surface area (Å²) in [5, 5.41) is 2.18. The molecule has 0 aliphatic heterocycles. The Morgan fingerprint density at radius 2 is 1.74 bits per heavy atom. The van der Waals surface area contributed by atoms with Crippen molar-refractivity contribution in [2.75, 3.05) is 5.32 Å². The number of nitrogens with one attached hydrogen (secondary N) is 2. The van der Waals surface area contributed by atoms with E-state index in [1.54, 1.807) is 0 Å². The molecule has 0 unspecified atom stereocenters. The number of aromatic nitrogens is 1. The van der Waals surface area contributed by atoms with Crippen LogP contribution in [0.15, 0.2) is 35.3 Å². The fourth-order valence-corrected chi connectivity index (χ4v) is 1.38. The van der Waals surface area contributed by atoms with Gasteiger partial charge in [-0.3, -0.25) is 9.59 Å². The highest BCUT2D eigenvalue weighted by atomic mass is 19.2. The van der Waals surface area contributed by atoms with Crippen LogP contribution in [0.1, 0.15) is 10.4 Å². The van der Waals surface area contributed by atoms with Crippen LogP contribution >= 0.6 is 0 Å². The Hall–Kier alpha value is -2.57. The number of pyridine rings is 1. The lowest BCUT2D eigenvalue weighted by atomic mass is 10.2. The lowest BCUT2D eigenvalue weighted by Gasteiger charge is -2.06. The number of rotatable bonds is 2. The summed E-state index contributed by atoms with van der Waals surface area (Å²) < 4.78 is 38.6. The number of H-pyrrole nitrogens is 1. The summed E-state index contributed by atoms with van der Waals surface area (Å²) in [6.45, 7) is 0. The molecule has 1 aromatic heterocycles. The van der Waals surface area contributed by atoms with Gasteiger partial charge in [-0.1, -0.05) is 0 Å². The van der Waals surface area contributed by atoms with Gasteiger partial charge in [-0.05, 0) is 6.07 Å². The van der Waals surface area contributed by atoms with Crippen LogP contribution in [0.4, 0.5) is 18.9 Å². The summed E-state index contributed by atoms with van der Waals surface area (Å²) in [6, 6.07) is 3.68. The van der Waals surface area contributed by atoms with Crippen molar-refractivity contribution in [3.63, 3.8) is 0 Å². The standard InChI is InChI=1S/C12H7F3N2O2/c13-8-3-7(4-9(14)11(8)15)17-12(19)6-1-2-10(18)16-5-6/h1-5H,(H,16,18)(H,17,19). The van der Waals surface area contributed by atoms with E-state index in [0.717, 1.165) is 12.3 Å². The summed E-state index contributed by atoms with van der Waals surface area (Å²) in [5.74, 6) is -5.11. The first kappa shape index (κ1) is 12.9. The molecule has 1 heterocycles. The monoisotopic (exact) mass is 268 g/mol. The molecular formula is C12H7F3N2O2. The van der Waals surface area contributed by atoms with Crippen LogP contribution in [-0.2, 0) is 0 Å². The number of halogens is 3. The third-order valence-electron chi connectivity index (χ3n) is 2.29. The van der Waals surface area contributed by atoms with Crippen molar-refractivity contribution >= 4 is 11.6 Å². The van der Waals surface area contributed by atoms with Crippen molar-refractivity contribution in [2.24, 2.45) is 0 Å². The predicted octanol–water partition coefficient (Wildman–Crippen LogP) is 2.04. The maximum atomic E-state index is 12.9. The average Bonchev–Trinajstić information content (AvgIpc) is 2.36. The summed E-state index contributed by atoms with van der Waals surface area (Å²) in [4.78, 5) is 24.7. The number of benzene rings is 1. The Labute approximate surface area is 104 Å². The minimum atomic E-state index is -1.61. The first-order chi connectivity index (χ1) is 8.97. The number of hydrogen-bond donors (Lipinski definition) is 2. The van der Waals surface area contributed by atoms with Gasteiger partial charge in [0.05, 0.1) is 5.56 Å². The van der Waals surface area contributed by atoms with Gasteiger partial charge in [0.1, 0.15) is 0 Å². The minimum Gasteiger partial charge on any atom is -0.328 e. The fraction of sp³-hybridized carbons (Fsp3) is 0. The Balaban J connectivity index is 2.24. The van der Waals surface area contributed by atoms with Crippen LogP contribution in [0.3, 0.4) is 0 Å². The summed E-state index contributed by atoms with van der Waals surface area (Å²) in [5.41, 5.74) is -0.534. The molecule has 1 aromatic carbocycles. The number of amides is 1. The molecule has 2 rings (SSSR count). The second-order valence-corrected chi connectivity index (χ2v) is 3.65. The first-order valence-corrected chi connectivity index (χ1v) is 5.12. The van der Waals surface area contributed by atoms with Crippen LogP contribution in [0.5, 0.6) is 0 Å². The molecular weight excluding hydrogens is 261 g/mol. The molecule has 0 aliphatic rings. The molecule has 0 bridgehead atoms. The molecule has 0 saturated heterocycles. The van der Waals surface area contributed by atoms with Gasteiger partial charge in [-0.15, -0.1) is 0 Å². The van der Waals surface area contributed by atoms with Crippen molar-refractivity contribution in [2.45, 2.75) is 0 Å². The molecule has 7 heteroatoms. The van der Waals surface area contributed by atoms with E-state index in [2.05, 4.69) is 10.3 Å². The highest BCUT2D eigenvalue weighted by Gasteiger charge is 2.13. The Morgan fingerprint density at radius 3 is 2.26 bits per heavy atom. The van der Waals surface area contributed by atoms with Gasteiger partial charge in [-0.25, -0.2) is 13.2 Å². The Bertz CT molecular complexity index is 654. The van der Waals surface area contributed by atoms with Crippen molar-refractivity contribution in [3.8, 4) is 0 Å². The normalized spacial score (nSPS) is 10.3. The largest absolute Gasteiger partial charge is 0.328 e. The Kier molecular flexibility index (Phi) is 3.37. The molecule has 0 spiro atoms. The molecule has 1 amide bonds. The van der Waals surface area contributed by atoms with Crippen molar-refractivity contribution in [1.29, 1.82) is 0 Å². The number of hydrogen-bond acceptors (Lipinski definition) is 2. The summed E-state index contributed by atoms with van der Waals surface area (Å²) in [7, 11) is 0. The summed E-state index contributed by atoms with van der Waals surface area (Å²) >= 11 is 0. The highest BCUT2D eigenvalue weighted by molar-refractivity contribution is 6.03. The van der Waals surface area contributed by atoms with Gasteiger partial charge in [0.15, 0.2) is 17.5 Å². The zero-order valence-corrected chi connectivity index (χ0v) is 9.34. The molecule has 0 radical (unpaired) electrons. The van der Waals surface area contributed by atoms with Crippen molar-refractivity contribution in [3.05, 3.63) is 63.8 Å². The molecule has 0 saturated carbocycles. The maximum Gasteiger partial charge on any atom is 0.257 e. The third-order valence-corrected chi connectivity index (χ3v) is 2.29. The van der Waals surface area contributed by atoms with E-state index >= 15 is 0 Å². The van der Waals surface area contributed by atoms with Crippen LogP contribution in [0.25, 0.3) is 0 Å². The van der Waals surface area contributed by atoms with Crippen molar-refractivity contribution in [1.82, 2.24) is 4.98 Å². The molecule has 0 aliphatic carbocycles. The number of carbonyl (C=O) groups excluding carboxylic acids is 1. The average molecular weight is 268 g/mol. The van der Waals surface area contributed by atoms with E-state index in [-0.39, 0.29) is 11.3 Å². The second kappa shape index (κ2) is 4.97. The quantitative estimate of drug-likeness (QED) is 0.819. The van der Waals surface area contributed by atoms with E-state index < -0.39 is 28.9 Å². The fourth-order valence-electron chi connectivity index (χ4n) is 1.38. The van der Waals surface area contributed by atoms with E-state index in [9.17, 15) is 22.8 Å². The van der Waals surface area contributed by atoms with Gasteiger partial charge < -0.3 is 10.3 Å². The topological polar surface area (TPSA) is 62.0 Å². The zero-order valence-electron chi connectivity index (χ0n) is 9.34. The molecule has 2 aromatic rings. The van der Waals surface area contributed by atoms with Gasteiger partial charge in [0, 0.05) is 30.1 Å². The molecule has 19 heavy (non-hydrogen) atoms. The number of aromatic amines is 1. The first-order valence-electron chi connectivity index (χ1n) is 5.12. The highest BCUT2D eigenvalue weighted by Crippen LogP contribution is 2.17. The molecule has 98 valence electrons. The van der Waals surface area contributed by atoms with Gasteiger partial charge >= 0.3 is 0 Å². The lowest BCUT2D eigenvalue weighted by Crippen LogP contribution is -2.15. The van der Waals surface area contributed by atoms with E-state index in [0.29, 0.717) is 12.1 Å². The zero-order chi connectivity index (χ0) is 14.0. The maximum absolute atomic E-state index is 12.9. The molecule has 0 atom stereocenters. The van der Waals surface area contributed by atoms with Gasteiger partial charge in [-0.2, -0.15) is 0 Å². The van der Waals surface area contributed by atoms with Crippen LogP contribution < -0.4 is 10.9 Å². The molecule has 4 nitrogen and oxygen atoms in total. The third kappa shape index (κ3) is 2.82. The predicted molar refractivity (Wildman–Crippen MR) is 61.3 cm³/mol. The summed E-state index contributed by atoms with van der Waals surface area (Å²) in [6.07, 6.45) is 1.15. The minimum absolute atomic E-state index is 0.0877. The smallest absolute Gasteiger partial charge is 0.257 e. The Morgan fingerprint density at radius 1 is 1.11 bits per heavy atom. The number of carbonyl (C=O) groups is 1. The van der Waals surface area contributed by atoms with Crippen LogP contribution in [-0.4, -0.2) is 10.9 Å². The molecule has 0 fully saturated rings. The van der Waals surface area contributed by atoms with Gasteiger partial charge in [0.2, 0.25) is 5.56 Å². The number of anilines is 1. The van der Waals surface area contributed by atoms with E-state index in [1.807, 2.05) is 0 Å². The van der Waals surface area contributed by atoms with Crippen LogP contribution in [0, 0.1) is 17.5 Å². The van der Waals surface area contributed by atoms with E-state index in [1.165, 1.54) is 6.07 Å². The lowest BCUT2D eigenvalue weighted by molar-refractivity contribution is 0.102. The van der Waals surface area contributed by atoms with Crippen LogP contribution in [0.2, 0.25) is 0 Å².